The summed E-state index contributed by atoms with van der Waals surface area (Å²) in [5.41, 5.74) is 2.66. The zero-order chi connectivity index (χ0) is 17.5. The van der Waals surface area contributed by atoms with Crippen LogP contribution in [0.1, 0.15) is 31.2 Å². The normalized spacial score (nSPS) is 14.3. The predicted molar refractivity (Wildman–Crippen MR) is 98.8 cm³/mol. The Bertz CT molecular complexity index is 712. The van der Waals surface area contributed by atoms with Crippen LogP contribution in [0.2, 0.25) is 0 Å². The summed E-state index contributed by atoms with van der Waals surface area (Å²) in [7, 11) is 0. The molecule has 0 radical (unpaired) electrons. The van der Waals surface area contributed by atoms with Crippen molar-refractivity contribution in [1.29, 1.82) is 0 Å². The van der Waals surface area contributed by atoms with Crippen LogP contribution in [-0.4, -0.2) is 23.7 Å². The number of aliphatic hydroxyl groups is 1. The van der Waals surface area contributed by atoms with Crippen LogP contribution in [0.4, 0.5) is 11.4 Å². The van der Waals surface area contributed by atoms with Crippen LogP contribution in [0.3, 0.4) is 0 Å². The second-order valence-electron chi connectivity index (χ2n) is 6.27. The highest BCUT2D eigenvalue weighted by Crippen LogP contribution is 2.27. The van der Waals surface area contributed by atoms with Crippen molar-refractivity contribution in [1.82, 2.24) is 0 Å². The standard InChI is InChI=1S/C20H24N2O3/c23-14-20(24)22-17-8-5-7-16(12-17)21-13-15-6-1-4-11-19(15)25-18-9-2-3-10-18/h1,4-8,11-12,18,21,23H,2-3,9-10,13-14H2,(H,22,24). The largest absolute Gasteiger partial charge is 0.490 e. The Hall–Kier alpha value is -2.53. The minimum atomic E-state index is -0.524. The fraction of sp³-hybridized carbons (Fsp3) is 0.350. The van der Waals surface area contributed by atoms with Crippen LogP contribution in [0, 0.1) is 0 Å². The lowest BCUT2D eigenvalue weighted by Gasteiger charge is -2.17. The maximum atomic E-state index is 11.3. The molecule has 132 valence electrons. The quantitative estimate of drug-likeness (QED) is 0.721. The number of amides is 1. The minimum absolute atomic E-state index is 0.332. The molecule has 3 rings (SSSR count). The van der Waals surface area contributed by atoms with Crippen LogP contribution in [0.25, 0.3) is 0 Å². The molecule has 1 fully saturated rings. The number of hydrogen-bond donors (Lipinski definition) is 3. The first kappa shape index (κ1) is 17.3. The van der Waals surface area contributed by atoms with E-state index in [1.807, 2.05) is 36.4 Å². The van der Waals surface area contributed by atoms with E-state index in [1.54, 1.807) is 6.07 Å². The lowest BCUT2D eigenvalue weighted by atomic mass is 10.2. The number of aliphatic hydroxyl groups excluding tert-OH is 1. The van der Waals surface area contributed by atoms with Crippen molar-refractivity contribution in [2.75, 3.05) is 17.2 Å². The fourth-order valence-corrected chi connectivity index (χ4v) is 3.06. The molecule has 0 aliphatic heterocycles. The van der Waals surface area contributed by atoms with Gasteiger partial charge in [-0.25, -0.2) is 0 Å². The molecule has 2 aromatic carbocycles. The van der Waals surface area contributed by atoms with E-state index in [0.29, 0.717) is 18.3 Å². The molecule has 0 bridgehead atoms. The van der Waals surface area contributed by atoms with E-state index in [1.165, 1.54) is 12.8 Å². The first-order chi connectivity index (χ1) is 12.2. The van der Waals surface area contributed by atoms with Crippen LogP contribution < -0.4 is 15.4 Å². The van der Waals surface area contributed by atoms with Gasteiger partial charge in [0.05, 0.1) is 6.10 Å². The van der Waals surface area contributed by atoms with E-state index in [4.69, 9.17) is 9.84 Å². The highest BCUT2D eigenvalue weighted by Gasteiger charge is 2.17. The molecule has 5 heteroatoms. The van der Waals surface area contributed by atoms with E-state index < -0.39 is 12.5 Å². The number of rotatable bonds is 7. The number of carbonyl (C=O) groups excluding carboxylic acids is 1. The summed E-state index contributed by atoms with van der Waals surface area (Å²) < 4.78 is 6.16. The number of benzene rings is 2. The first-order valence-electron chi connectivity index (χ1n) is 8.74. The molecule has 1 saturated carbocycles. The Morgan fingerprint density at radius 3 is 2.64 bits per heavy atom. The molecular formula is C20H24N2O3. The van der Waals surface area contributed by atoms with Gasteiger partial charge in [0.1, 0.15) is 12.4 Å². The molecule has 0 aromatic heterocycles. The number of hydrogen-bond acceptors (Lipinski definition) is 4. The maximum Gasteiger partial charge on any atom is 0.250 e. The van der Waals surface area contributed by atoms with E-state index in [9.17, 15) is 4.79 Å². The lowest BCUT2D eigenvalue weighted by molar-refractivity contribution is -0.118. The summed E-state index contributed by atoms with van der Waals surface area (Å²) in [5.74, 6) is 0.513. The van der Waals surface area contributed by atoms with E-state index in [0.717, 1.165) is 29.8 Å². The van der Waals surface area contributed by atoms with Crippen LogP contribution in [0.5, 0.6) is 5.75 Å². The third kappa shape index (κ3) is 4.97. The molecular weight excluding hydrogens is 316 g/mol. The van der Waals surface area contributed by atoms with Gasteiger partial charge in [-0.15, -0.1) is 0 Å². The zero-order valence-electron chi connectivity index (χ0n) is 14.2. The van der Waals surface area contributed by atoms with Crippen molar-refractivity contribution in [3.63, 3.8) is 0 Å². The van der Waals surface area contributed by atoms with Gasteiger partial charge in [-0.05, 0) is 49.9 Å². The molecule has 0 heterocycles. The summed E-state index contributed by atoms with van der Waals surface area (Å²) >= 11 is 0. The summed E-state index contributed by atoms with van der Waals surface area (Å²) in [6.45, 7) is 0.115. The molecule has 0 atom stereocenters. The summed E-state index contributed by atoms with van der Waals surface area (Å²) in [6.07, 6.45) is 5.09. The smallest absolute Gasteiger partial charge is 0.250 e. The van der Waals surface area contributed by atoms with Crippen LogP contribution >= 0.6 is 0 Å². The Morgan fingerprint density at radius 2 is 1.84 bits per heavy atom. The van der Waals surface area contributed by atoms with Gasteiger partial charge in [0.15, 0.2) is 0 Å². The SMILES string of the molecule is O=C(CO)Nc1cccc(NCc2ccccc2OC2CCCC2)c1. The van der Waals surface area contributed by atoms with Gasteiger partial charge in [0, 0.05) is 23.5 Å². The highest BCUT2D eigenvalue weighted by molar-refractivity contribution is 5.91. The Morgan fingerprint density at radius 1 is 1.08 bits per heavy atom. The third-order valence-electron chi connectivity index (χ3n) is 4.34. The van der Waals surface area contributed by atoms with Crippen molar-refractivity contribution in [2.45, 2.75) is 38.3 Å². The van der Waals surface area contributed by atoms with Gasteiger partial charge in [-0.1, -0.05) is 24.3 Å². The molecule has 3 N–H and O–H groups in total. The van der Waals surface area contributed by atoms with Crippen molar-refractivity contribution in [3.8, 4) is 5.75 Å². The summed E-state index contributed by atoms with van der Waals surface area (Å²) in [4.78, 5) is 11.3. The molecule has 0 saturated heterocycles. The molecule has 0 spiro atoms. The molecule has 1 aliphatic rings. The zero-order valence-corrected chi connectivity index (χ0v) is 14.2. The molecule has 2 aromatic rings. The number of nitrogens with one attached hydrogen (secondary N) is 2. The molecule has 1 amide bonds. The lowest BCUT2D eigenvalue weighted by Crippen LogP contribution is -2.15. The minimum Gasteiger partial charge on any atom is -0.490 e. The Kier molecular flexibility index (Phi) is 5.90. The fourth-order valence-electron chi connectivity index (χ4n) is 3.06. The van der Waals surface area contributed by atoms with Crippen molar-refractivity contribution >= 4 is 17.3 Å². The van der Waals surface area contributed by atoms with Crippen molar-refractivity contribution in [3.05, 3.63) is 54.1 Å². The second-order valence-corrected chi connectivity index (χ2v) is 6.27. The van der Waals surface area contributed by atoms with Gasteiger partial charge in [0.25, 0.3) is 0 Å². The number of anilines is 2. The van der Waals surface area contributed by atoms with Crippen molar-refractivity contribution in [2.24, 2.45) is 0 Å². The van der Waals surface area contributed by atoms with Gasteiger partial charge >= 0.3 is 0 Å². The first-order valence-corrected chi connectivity index (χ1v) is 8.74. The maximum absolute atomic E-state index is 11.3. The average Bonchev–Trinajstić information content (AvgIpc) is 3.14. The van der Waals surface area contributed by atoms with E-state index in [-0.39, 0.29) is 0 Å². The number of ether oxygens (including phenoxy) is 1. The highest BCUT2D eigenvalue weighted by atomic mass is 16.5. The Balaban J connectivity index is 1.63. The van der Waals surface area contributed by atoms with Crippen molar-refractivity contribution < 1.29 is 14.6 Å². The topological polar surface area (TPSA) is 70.6 Å². The van der Waals surface area contributed by atoms with Gasteiger partial charge in [0.2, 0.25) is 5.91 Å². The Labute approximate surface area is 148 Å². The van der Waals surface area contributed by atoms with Gasteiger partial charge in [-0.3, -0.25) is 4.79 Å². The monoisotopic (exact) mass is 340 g/mol. The third-order valence-corrected chi connectivity index (χ3v) is 4.34. The van der Waals surface area contributed by atoms with Crippen LogP contribution in [-0.2, 0) is 11.3 Å². The number of para-hydroxylation sites is 1. The predicted octanol–water partition coefficient (Wildman–Crippen LogP) is 3.55. The van der Waals surface area contributed by atoms with E-state index >= 15 is 0 Å². The van der Waals surface area contributed by atoms with Gasteiger partial charge in [-0.2, -0.15) is 0 Å². The summed E-state index contributed by atoms with van der Waals surface area (Å²) in [5, 5.41) is 14.8. The second kappa shape index (κ2) is 8.53. The molecule has 25 heavy (non-hydrogen) atoms. The molecule has 5 nitrogen and oxygen atoms in total. The number of carbonyl (C=O) groups is 1. The molecule has 0 unspecified atom stereocenters. The van der Waals surface area contributed by atoms with Crippen LogP contribution in [0.15, 0.2) is 48.5 Å². The molecule has 1 aliphatic carbocycles. The van der Waals surface area contributed by atoms with Gasteiger partial charge < -0.3 is 20.5 Å². The average molecular weight is 340 g/mol. The van der Waals surface area contributed by atoms with E-state index in [2.05, 4.69) is 16.7 Å². The summed E-state index contributed by atoms with van der Waals surface area (Å²) in [6, 6.07) is 15.5.